The van der Waals surface area contributed by atoms with E-state index in [1.165, 1.54) is 20.6 Å². The molecule has 0 fully saturated rings. The summed E-state index contributed by atoms with van der Waals surface area (Å²) in [5, 5.41) is 11.8. The number of nitrogens with zero attached hydrogens (tertiary/aromatic N) is 3. The van der Waals surface area contributed by atoms with Crippen LogP contribution in [-0.4, -0.2) is 33.5 Å². The maximum Gasteiger partial charge on any atom is 0.346 e. The molecule has 0 bridgehead atoms. The molecule has 29 heavy (non-hydrogen) atoms. The monoisotopic (exact) mass is 415 g/mol. The van der Waals surface area contributed by atoms with Crippen LogP contribution in [0.1, 0.15) is 19.8 Å². The van der Waals surface area contributed by atoms with E-state index in [1.54, 1.807) is 19.2 Å². The van der Waals surface area contributed by atoms with Gasteiger partial charge in [-0.05, 0) is 42.1 Å². The Kier molecular flexibility index (Phi) is 7.07. The third kappa shape index (κ3) is 5.47. The quantitative estimate of drug-likeness (QED) is 0.525. The maximum atomic E-state index is 12.3. The minimum Gasteiger partial charge on any atom is -0.494 e. The molecule has 0 saturated heterocycles. The van der Waals surface area contributed by atoms with Gasteiger partial charge >= 0.3 is 11.7 Å². The number of nitrogens with one attached hydrogen (secondary N) is 2. The fourth-order valence-corrected chi connectivity index (χ4v) is 3.42. The normalized spacial score (nSPS) is 10.7. The Balaban J connectivity index is 1.48. The predicted octanol–water partition coefficient (Wildman–Crippen LogP) is 3.31. The van der Waals surface area contributed by atoms with Crippen LogP contribution in [0, 0.1) is 0 Å². The largest absolute Gasteiger partial charge is 0.494 e. The number of anilines is 1. The van der Waals surface area contributed by atoms with Crippen molar-refractivity contribution in [3.8, 4) is 16.5 Å². The van der Waals surface area contributed by atoms with E-state index in [0.29, 0.717) is 18.1 Å². The summed E-state index contributed by atoms with van der Waals surface area (Å²) in [5.41, 5.74) is 0.453. The second-order valence-electron chi connectivity index (χ2n) is 6.47. The molecule has 1 aromatic carbocycles. The van der Waals surface area contributed by atoms with Crippen molar-refractivity contribution in [2.75, 3.05) is 18.5 Å². The van der Waals surface area contributed by atoms with Gasteiger partial charge in [0.2, 0.25) is 0 Å². The van der Waals surface area contributed by atoms with Crippen LogP contribution in [-0.2, 0) is 13.6 Å². The molecular weight excluding hydrogens is 390 g/mol. The van der Waals surface area contributed by atoms with E-state index in [2.05, 4.69) is 22.7 Å². The van der Waals surface area contributed by atoms with Gasteiger partial charge in [-0.15, -0.1) is 16.4 Å². The lowest BCUT2D eigenvalue weighted by atomic mass is 10.3. The number of unbranched alkanes of at least 4 members (excludes halogenated alkanes) is 1. The molecule has 0 spiro atoms. The summed E-state index contributed by atoms with van der Waals surface area (Å²) >= 11 is 1.52. The zero-order chi connectivity index (χ0) is 20.6. The molecule has 2 amide bonds. The Morgan fingerprint density at radius 3 is 2.72 bits per heavy atom. The number of amides is 2. The van der Waals surface area contributed by atoms with E-state index in [9.17, 15) is 9.59 Å². The lowest BCUT2D eigenvalue weighted by Crippen LogP contribution is -2.34. The first-order chi connectivity index (χ1) is 14.1. The summed E-state index contributed by atoms with van der Waals surface area (Å²) < 4.78 is 8.47. The first-order valence-corrected chi connectivity index (χ1v) is 10.4. The van der Waals surface area contributed by atoms with Gasteiger partial charge in [0.15, 0.2) is 5.82 Å². The number of rotatable bonds is 9. The number of urea groups is 1. The molecular formula is C20H25N5O3S. The molecule has 0 unspecified atom stereocenters. The van der Waals surface area contributed by atoms with Crippen molar-refractivity contribution in [2.45, 2.75) is 26.3 Å². The third-order valence-electron chi connectivity index (χ3n) is 4.27. The number of hydrogen-bond acceptors (Lipinski definition) is 5. The van der Waals surface area contributed by atoms with Crippen molar-refractivity contribution in [3.63, 3.8) is 0 Å². The number of ether oxygens (including phenoxy) is 1. The van der Waals surface area contributed by atoms with Gasteiger partial charge in [0.05, 0.1) is 18.0 Å². The van der Waals surface area contributed by atoms with Crippen LogP contribution in [0.15, 0.2) is 46.6 Å². The number of carbonyl (C=O) groups is 1. The van der Waals surface area contributed by atoms with Gasteiger partial charge in [0, 0.05) is 19.3 Å². The van der Waals surface area contributed by atoms with Crippen molar-refractivity contribution in [2.24, 2.45) is 7.05 Å². The lowest BCUT2D eigenvalue weighted by molar-refractivity contribution is 0.251. The standard InChI is InChI=1S/C20H25N5O3S/c1-3-4-13-28-16-9-7-15(8-10-16)22-19(26)21-11-12-25-20(27)24(2)18(23-25)17-6-5-14-29-17/h5-10,14H,3-4,11-13H2,1-2H3,(H2,21,22,26). The number of hydrogen-bond donors (Lipinski definition) is 2. The molecule has 2 heterocycles. The fourth-order valence-electron chi connectivity index (χ4n) is 2.67. The summed E-state index contributed by atoms with van der Waals surface area (Å²) in [4.78, 5) is 25.3. The van der Waals surface area contributed by atoms with E-state index >= 15 is 0 Å². The number of aromatic nitrogens is 3. The number of carbonyl (C=O) groups excluding carboxylic acids is 1. The summed E-state index contributed by atoms with van der Waals surface area (Å²) in [6.45, 7) is 3.37. The Bertz CT molecular complexity index is 977. The highest BCUT2D eigenvalue weighted by Gasteiger charge is 2.12. The first-order valence-electron chi connectivity index (χ1n) is 9.54. The van der Waals surface area contributed by atoms with E-state index in [1.807, 2.05) is 29.6 Å². The van der Waals surface area contributed by atoms with Crippen LogP contribution in [0.5, 0.6) is 5.75 Å². The van der Waals surface area contributed by atoms with Gasteiger partial charge in [-0.2, -0.15) is 0 Å². The van der Waals surface area contributed by atoms with Crippen molar-refractivity contribution in [1.29, 1.82) is 0 Å². The molecule has 154 valence electrons. The Hall–Kier alpha value is -3.07. The Morgan fingerprint density at radius 1 is 1.24 bits per heavy atom. The molecule has 0 aliphatic heterocycles. The van der Waals surface area contributed by atoms with Gasteiger partial charge in [-0.1, -0.05) is 19.4 Å². The molecule has 9 heteroatoms. The number of thiophene rings is 1. The second kappa shape index (κ2) is 9.92. The SMILES string of the molecule is CCCCOc1ccc(NC(=O)NCCn2nc(-c3cccs3)n(C)c2=O)cc1. The molecule has 0 aliphatic carbocycles. The Labute approximate surface area is 173 Å². The summed E-state index contributed by atoms with van der Waals surface area (Å²) in [5.74, 6) is 1.40. The van der Waals surface area contributed by atoms with E-state index in [4.69, 9.17) is 4.74 Å². The van der Waals surface area contributed by atoms with E-state index < -0.39 is 0 Å². The zero-order valence-corrected chi connectivity index (χ0v) is 17.4. The topological polar surface area (TPSA) is 90.2 Å². The summed E-state index contributed by atoms with van der Waals surface area (Å²) in [6.07, 6.45) is 2.09. The molecule has 0 radical (unpaired) electrons. The van der Waals surface area contributed by atoms with Gasteiger partial charge < -0.3 is 15.4 Å². The highest BCUT2D eigenvalue weighted by Crippen LogP contribution is 2.20. The van der Waals surface area contributed by atoms with Crippen LogP contribution in [0.2, 0.25) is 0 Å². The van der Waals surface area contributed by atoms with Crippen LogP contribution < -0.4 is 21.1 Å². The van der Waals surface area contributed by atoms with Crippen LogP contribution >= 0.6 is 11.3 Å². The average Bonchev–Trinajstić information content (AvgIpc) is 3.34. The van der Waals surface area contributed by atoms with Gasteiger partial charge in [-0.25, -0.2) is 14.3 Å². The van der Waals surface area contributed by atoms with Crippen LogP contribution in [0.25, 0.3) is 10.7 Å². The average molecular weight is 416 g/mol. The first kappa shape index (κ1) is 20.7. The Morgan fingerprint density at radius 2 is 2.03 bits per heavy atom. The van der Waals surface area contributed by atoms with Gasteiger partial charge in [0.1, 0.15) is 5.75 Å². The second-order valence-corrected chi connectivity index (χ2v) is 7.42. The highest BCUT2D eigenvalue weighted by atomic mass is 32.1. The molecule has 0 aliphatic rings. The minimum absolute atomic E-state index is 0.214. The smallest absolute Gasteiger partial charge is 0.346 e. The predicted molar refractivity (Wildman–Crippen MR) is 115 cm³/mol. The molecule has 3 rings (SSSR count). The van der Waals surface area contributed by atoms with E-state index in [-0.39, 0.29) is 24.8 Å². The third-order valence-corrected chi connectivity index (χ3v) is 5.14. The fraction of sp³-hybridized carbons (Fsp3) is 0.350. The number of benzene rings is 1. The minimum atomic E-state index is -0.341. The van der Waals surface area contributed by atoms with Crippen LogP contribution in [0.3, 0.4) is 0 Å². The summed E-state index contributed by atoms with van der Waals surface area (Å²) in [6, 6.07) is 10.7. The van der Waals surface area contributed by atoms with Gasteiger partial charge in [0.25, 0.3) is 0 Å². The molecule has 2 N–H and O–H groups in total. The molecule has 0 atom stereocenters. The summed E-state index contributed by atoms with van der Waals surface area (Å²) in [7, 11) is 1.69. The van der Waals surface area contributed by atoms with Crippen molar-refractivity contribution in [3.05, 3.63) is 52.3 Å². The molecule has 0 saturated carbocycles. The van der Waals surface area contributed by atoms with E-state index in [0.717, 1.165) is 23.5 Å². The molecule has 8 nitrogen and oxygen atoms in total. The van der Waals surface area contributed by atoms with Gasteiger partial charge in [-0.3, -0.25) is 4.57 Å². The van der Waals surface area contributed by atoms with Crippen molar-refractivity contribution >= 4 is 23.1 Å². The molecule has 3 aromatic rings. The highest BCUT2D eigenvalue weighted by molar-refractivity contribution is 7.13. The lowest BCUT2D eigenvalue weighted by Gasteiger charge is -2.09. The van der Waals surface area contributed by atoms with Crippen LogP contribution in [0.4, 0.5) is 10.5 Å². The zero-order valence-electron chi connectivity index (χ0n) is 16.6. The van der Waals surface area contributed by atoms with Crippen molar-refractivity contribution < 1.29 is 9.53 Å². The molecule has 2 aromatic heterocycles. The maximum absolute atomic E-state index is 12.3. The van der Waals surface area contributed by atoms with Crippen molar-refractivity contribution in [1.82, 2.24) is 19.7 Å².